The summed E-state index contributed by atoms with van der Waals surface area (Å²) >= 11 is 8.40. The van der Waals surface area contributed by atoms with Crippen molar-refractivity contribution in [3.63, 3.8) is 0 Å². The molecular formula is C11H27N3S2. The van der Waals surface area contributed by atoms with Gasteiger partial charge in [-0.05, 0) is 38.5 Å². The molecule has 0 radical (unpaired) electrons. The molecule has 98 valence electrons. The van der Waals surface area contributed by atoms with Crippen molar-refractivity contribution < 1.29 is 0 Å². The largest absolute Gasteiger partial charge is 0.328 e. The van der Waals surface area contributed by atoms with Crippen LogP contribution >= 0.6 is 25.3 Å². The summed E-state index contributed by atoms with van der Waals surface area (Å²) in [6, 6.07) is 0.673. The van der Waals surface area contributed by atoms with Gasteiger partial charge in [0.15, 0.2) is 0 Å². The fourth-order valence-corrected chi connectivity index (χ4v) is 2.13. The fourth-order valence-electron chi connectivity index (χ4n) is 1.59. The molecule has 5 heteroatoms. The van der Waals surface area contributed by atoms with Crippen LogP contribution in [0, 0.1) is 0 Å². The normalized spacial score (nSPS) is 17.4. The Kier molecular flexibility index (Phi) is 9.94. The van der Waals surface area contributed by atoms with Gasteiger partial charge in [-0.3, -0.25) is 0 Å². The number of hydrogen-bond acceptors (Lipinski definition) is 5. The Morgan fingerprint density at radius 2 is 1.25 bits per heavy atom. The summed E-state index contributed by atoms with van der Waals surface area (Å²) < 4.78 is 0.0692. The Bertz CT molecular complexity index is 167. The number of rotatable bonds is 9. The predicted octanol–water partition coefficient (Wildman–Crippen LogP) is 1.51. The van der Waals surface area contributed by atoms with E-state index < -0.39 is 0 Å². The first-order chi connectivity index (χ1) is 7.45. The highest BCUT2D eigenvalue weighted by Gasteiger charge is 2.10. The minimum Gasteiger partial charge on any atom is -0.328 e. The van der Waals surface area contributed by atoms with E-state index in [0.717, 1.165) is 38.5 Å². The van der Waals surface area contributed by atoms with E-state index in [-0.39, 0.29) is 16.7 Å². The molecule has 6 N–H and O–H groups in total. The van der Waals surface area contributed by atoms with Crippen LogP contribution in [0.1, 0.15) is 45.4 Å². The number of nitrogens with two attached hydrogens (primary N) is 3. The van der Waals surface area contributed by atoms with E-state index in [0.29, 0.717) is 6.04 Å². The minimum atomic E-state index is 0.0692. The van der Waals surface area contributed by atoms with Crippen molar-refractivity contribution in [1.82, 2.24) is 0 Å². The molecule has 16 heavy (non-hydrogen) atoms. The van der Waals surface area contributed by atoms with Gasteiger partial charge >= 0.3 is 0 Å². The second-order valence-corrected chi connectivity index (χ2v) is 6.21. The van der Waals surface area contributed by atoms with Crippen molar-refractivity contribution in [1.29, 1.82) is 0 Å². The molecule has 0 aliphatic rings. The van der Waals surface area contributed by atoms with E-state index in [1.807, 2.05) is 0 Å². The van der Waals surface area contributed by atoms with Crippen LogP contribution in [-0.2, 0) is 0 Å². The topological polar surface area (TPSA) is 78.1 Å². The Labute approximate surface area is 111 Å². The first kappa shape index (κ1) is 16.6. The van der Waals surface area contributed by atoms with Crippen LogP contribution < -0.4 is 17.2 Å². The summed E-state index contributed by atoms with van der Waals surface area (Å²) in [5, 5.41) is 0. The van der Waals surface area contributed by atoms with E-state index >= 15 is 0 Å². The molecule has 0 aromatic carbocycles. The second kappa shape index (κ2) is 9.59. The molecule has 0 aliphatic carbocycles. The van der Waals surface area contributed by atoms with Gasteiger partial charge in [-0.2, -0.15) is 25.3 Å². The zero-order valence-electron chi connectivity index (χ0n) is 10.2. The lowest BCUT2D eigenvalue weighted by Crippen LogP contribution is -2.29. The Hall–Kier alpha value is 0.580. The standard InChI is InChI=1S/C11H27N3S2/c1-2-8(12)3-4-9(13)5-6-10(14)7-11(15)16/h8-11,15-16H,2-7,12-14H2,1H3. The summed E-state index contributed by atoms with van der Waals surface area (Å²) in [7, 11) is 0. The number of thiol groups is 2. The highest BCUT2D eigenvalue weighted by molar-refractivity contribution is 7.99. The molecule has 0 amide bonds. The molecule has 0 rings (SSSR count). The molecule has 0 bridgehead atoms. The van der Waals surface area contributed by atoms with E-state index in [9.17, 15) is 0 Å². The van der Waals surface area contributed by atoms with Crippen LogP contribution in [0.4, 0.5) is 0 Å². The molecule has 0 aromatic heterocycles. The second-order valence-electron chi connectivity index (χ2n) is 4.56. The molecule has 0 aromatic rings. The maximum Gasteiger partial charge on any atom is 0.0457 e. The van der Waals surface area contributed by atoms with E-state index in [1.54, 1.807) is 0 Å². The molecule has 0 saturated carbocycles. The lowest BCUT2D eigenvalue weighted by Gasteiger charge is -2.17. The van der Waals surface area contributed by atoms with Crippen molar-refractivity contribution in [2.45, 2.75) is 68.2 Å². The first-order valence-electron chi connectivity index (χ1n) is 6.08. The monoisotopic (exact) mass is 265 g/mol. The van der Waals surface area contributed by atoms with Gasteiger partial charge in [-0.25, -0.2) is 0 Å². The van der Waals surface area contributed by atoms with Crippen LogP contribution in [0.3, 0.4) is 0 Å². The van der Waals surface area contributed by atoms with Gasteiger partial charge in [0, 0.05) is 22.7 Å². The average molecular weight is 265 g/mol. The molecule has 0 heterocycles. The predicted molar refractivity (Wildman–Crippen MR) is 79.1 cm³/mol. The van der Waals surface area contributed by atoms with Crippen LogP contribution in [0.2, 0.25) is 0 Å². The lowest BCUT2D eigenvalue weighted by atomic mass is 9.99. The van der Waals surface area contributed by atoms with Gasteiger partial charge in [0.2, 0.25) is 0 Å². The van der Waals surface area contributed by atoms with Crippen molar-refractivity contribution in [2.75, 3.05) is 0 Å². The van der Waals surface area contributed by atoms with E-state index in [4.69, 9.17) is 17.2 Å². The minimum absolute atomic E-state index is 0.0692. The first-order valence-corrected chi connectivity index (χ1v) is 7.11. The third kappa shape index (κ3) is 9.78. The average Bonchev–Trinajstić information content (AvgIpc) is 2.22. The molecule has 0 saturated heterocycles. The molecule has 0 aliphatic heterocycles. The molecule has 0 spiro atoms. The SMILES string of the molecule is CCC(N)CCC(N)CCC(N)CC(S)S. The Balaban J connectivity index is 3.52. The maximum atomic E-state index is 6.01. The summed E-state index contributed by atoms with van der Waals surface area (Å²) in [6.45, 7) is 2.10. The molecule has 3 nitrogen and oxygen atoms in total. The quantitative estimate of drug-likeness (QED) is 0.324. The number of hydrogen-bond donors (Lipinski definition) is 5. The molecular weight excluding hydrogens is 238 g/mol. The zero-order valence-corrected chi connectivity index (χ0v) is 12.0. The van der Waals surface area contributed by atoms with E-state index in [1.165, 1.54) is 0 Å². The third-order valence-corrected chi connectivity index (χ3v) is 3.28. The van der Waals surface area contributed by atoms with Crippen molar-refractivity contribution in [2.24, 2.45) is 17.2 Å². The fraction of sp³-hybridized carbons (Fsp3) is 1.00. The van der Waals surface area contributed by atoms with Crippen molar-refractivity contribution >= 4 is 25.3 Å². The van der Waals surface area contributed by atoms with Crippen LogP contribution in [0.25, 0.3) is 0 Å². The summed E-state index contributed by atoms with van der Waals surface area (Å²) in [5.74, 6) is 0. The van der Waals surface area contributed by atoms with Gasteiger partial charge in [-0.1, -0.05) is 6.92 Å². The molecule has 3 unspecified atom stereocenters. The van der Waals surface area contributed by atoms with Gasteiger partial charge < -0.3 is 17.2 Å². The van der Waals surface area contributed by atoms with Crippen LogP contribution in [-0.4, -0.2) is 22.7 Å². The van der Waals surface area contributed by atoms with E-state index in [2.05, 4.69) is 32.2 Å². The third-order valence-electron chi connectivity index (χ3n) is 2.85. The van der Waals surface area contributed by atoms with Gasteiger partial charge in [0.1, 0.15) is 0 Å². The highest BCUT2D eigenvalue weighted by atomic mass is 32.2. The van der Waals surface area contributed by atoms with Crippen molar-refractivity contribution in [3.05, 3.63) is 0 Å². The zero-order chi connectivity index (χ0) is 12.6. The van der Waals surface area contributed by atoms with Gasteiger partial charge in [0.05, 0.1) is 0 Å². The van der Waals surface area contributed by atoms with Crippen LogP contribution in [0.5, 0.6) is 0 Å². The lowest BCUT2D eigenvalue weighted by molar-refractivity contribution is 0.455. The molecule has 3 atom stereocenters. The highest BCUT2D eigenvalue weighted by Crippen LogP contribution is 2.13. The summed E-state index contributed by atoms with van der Waals surface area (Å²) in [5.41, 5.74) is 17.8. The Morgan fingerprint density at radius 3 is 1.69 bits per heavy atom. The van der Waals surface area contributed by atoms with Gasteiger partial charge in [0.25, 0.3) is 0 Å². The molecule has 0 fully saturated rings. The summed E-state index contributed by atoms with van der Waals surface area (Å²) in [4.78, 5) is 0. The van der Waals surface area contributed by atoms with Crippen LogP contribution in [0.15, 0.2) is 0 Å². The maximum absolute atomic E-state index is 6.01. The smallest absolute Gasteiger partial charge is 0.0457 e. The summed E-state index contributed by atoms with van der Waals surface area (Å²) in [6.07, 6.45) is 5.76. The van der Waals surface area contributed by atoms with Crippen molar-refractivity contribution in [3.8, 4) is 0 Å². The Morgan fingerprint density at radius 1 is 0.812 bits per heavy atom. The van der Waals surface area contributed by atoms with Gasteiger partial charge in [-0.15, -0.1) is 0 Å².